The number of hydrogen-bond donors (Lipinski definition) is 0. The van der Waals surface area contributed by atoms with E-state index in [0.29, 0.717) is 0 Å². The normalized spacial score (nSPS) is 22.2. The van der Waals surface area contributed by atoms with Crippen LogP contribution < -0.4 is 0 Å². The maximum absolute atomic E-state index is 14.4. The predicted octanol–water partition coefficient (Wildman–Crippen LogP) is 12.6. The fourth-order valence-electron chi connectivity index (χ4n) is 10.2. The van der Waals surface area contributed by atoms with Crippen LogP contribution in [0.25, 0.3) is 22.5 Å². The van der Waals surface area contributed by atoms with E-state index < -0.39 is 69.0 Å². The first-order valence-corrected chi connectivity index (χ1v) is 22.5. The van der Waals surface area contributed by atoms with Gasteiger partial charge in [-0.2, -0.15) is 10.5 Å². The SMILES string of the molecule is C[C@@H]1CC(c2ccncc2CC(=O)c2ccc(F)c(-c3c(F)cccc3F)n2)C[C@H](C)C1C#N.C[C@@H]1CC(c2ccncc2CC(=O)c2ccc(F)c(-c3c(F)cccc3F)n2)C[C@H](C)C1C#N. The number of carbonyl (C=O) groups excluding carboxylic acids is 2. The predicted molar refractivity (Wildman–Crippen MR) is 242 cm³/mol. The minimum absolute atomic E-state index is 0.00350. The van der Waals surface area contributed by atoms with Gasteiger partial charge in [-0.05, 0) is 144 Å². The molecule has 0 N–H and O–H groups in total. The van der Waals surface area contributed by atoms with Gasteiger partial charge >= 0.3 is 0 Å². The lowest BCUT2D eigenvalue weighted by Gasteiger charge is -2.36. The lowest BCUT2D eigenvalue weighted by molar-refractivity contribution is 0.0979. The second-order valence-electron chi connectivity index (χ2n) is 18.2. The van der Waals surface area contributed by atoms with Crippen molar-refractivity contribution < 1.29 is 35.9 Å². The number of rotatable bonds is 10. The summed E-state index contributed by atoms with van der Waals surface area (Å²) in [5.41, 5.74) is 1.03. The van der Waals surface area contributed by atoms with Crippen LogP contribution in [0, 0.1) is 93.1 Å². The summed E-state index contributed by atoms with van der Waals surface area (Å²) in [6.45, 7) is 8.31. The molecule has 2 aliphatic rings. The highest BCUT2D eigenvalue weighted by Gasteiger charge is 2.36. The summed E-state index contributed by atoms with van der Waals surface area (Å²) < 4.78 is 85.7. The molecule has 0 aliphatic heterocycles. The van der Waals surface area contributed by atoms with E-state index in [2.05, 4.69) is 59.8 Å². The fourth-order valence-corrected chi connectivity index (χ4v) is 10.2. The standard InChI is InChI=1S/2C27H24F3N3O/c2*1-15-10-17(11-16(2)20(15)13-31)19-8-9-32-14-18(19)12-25(34)24-7-6-23(30)27(33-24)26-21(28)4-3-5-22(26)29/h2*3-9,14-17,20H,10-12H2,1-2H3/t2*15-,16+,17?,20?. The molecule has 6 aromatic rings. The van der Waals surface area contributed by atoms with Crippen molar-refractivity contribution in [1.82, 2.24) is 19.9 Å². The maximum Gasteiger partial charge on any atom is 0.185 e. The van der Waals surface area contributed by atoms with Crippen molar-refractivity contribution in [2.24, 2.45) is 35.5 Å². The Morgan fingerprint density at radius 1 is 0.515 bits per heavy atom. The summed E-state index contributed by atoms with van der Waals surface area (Å²) in [7, 11) is 0. The minimum atomic E-state index is -0.957. The fraction of sp³-hybridized carbons (Fsp3) is 0.333. The molecule has 2 aliphatic carbocycles. The van der Waals surface area contributed by atoms with E-state index in [-0.39, 0.29) is 71.6 Å². The summed E-state index contributed by atoms with van der Waals surface area (Å²) in [5.74, 6) is -5.17. The Morgan fingerprint density at radius 3 is 1.18 bits per heavy atom. The monoisotopic (exact) mass is 926 g/mol. The van der Waals surface area contributed by atoms with Crippen LogP contribution in [-0.4, -0.2) is 31.5 Å². The number of ketones is 2. The lowest BCUT2D eigenvalue weighted by atomic mass is 9.67. The summed E-state index contributed by atoms with van der Waals surface area (Å²) >= 11 is 0. The van der Waals surface area contributed by atoms with Crippen LogP contribution >= 0.6 is 0 Å². The van der Waals surface area contributed by atoms with E-state index >= 15 is 0 Å². The van der Waals surface area contributed by atoms with Crippen molar-refractivity contribution in [3.63, 3.8) is 0 Å². The second-order valence-corrected chi connectivity index (χ2v) is 18.2. The van der Waals surface area contributed by atoms with Gasteiger partial charge in [-0.15, -0.1) is 0 Å². The highest BCUT2D eigenvalue weighted by Crippen LogP contribution is 2.45. The summed E-state index contributed by atoms with van der Waals surface area (Å²) in [4.78, 5) is 42.5. The third-order valence-electron chi connectivity index (χ3n) is 13.5. The molecule has 0 saturated heterocycles. The van der Waals surface area contributed by atoms with E-state index in [1.54, 1.807) is 24.8 Å². The Morgan fingerprint density at radius 2 is 0.853 bits per heavy atom. The molecule has 14 heteroatoms. The van der Waals surface area contributed by atoms with Gasteiger partial charge in [0.15, 0.2) is 11.6 Å². The number of aromatic nitrogens is 4. The average molecular weight is 927 g/mol. The molecule has 8 rings (SSSR count). The first kappa shape index (κ1) is 48.9. The number of nitriles is 2. The molecule has 0 bridgehead atoms. The molecule has 68 heavy (non-hydrogen) atoms. The highest BCUT2D eigenvalue weighted by atomic mass is 19.2. The van der Waals surface area contributed by atoms with Gasteiger partial charge in [-0.3, -0.25) is 19.6 Å². The number of benzene rings is 2. The van der Waals surface area contributed by atoms with Gasteiger partial charge in [0.05, 0.1) is 35.1 Å². The topological polar surface area (TPSA) is 133 Å². The van der Waals surface area contributed by atoms with E-state index in [4.69, 9.17) is 0 Å². The van der Waals surface area contributed by atoms with Crippen LogP contribution in [0.4, 0.5) is 26.3 Å². The zero-order valence-corrected chi connectivity index (χ0v) is 37.9. The summed E-state index contributed by atoms with van der Waals surface area (Å²) in [6.07, 6.45) is 9.93. The molecule has 0 spiro atoms. The quantitative estimate of drug-likeness (QED) is 0.0979. The largest absolute Gasteiger partial charge is 0.292 e. The molecule has 4 heterocycles. The zero-order chi connectivity index (χ0) is 48.8. The van der Waals surface area contributed by atoms with Gasteiger partial charge in [-0.1, -0.05) is 39.8 Å². The first-order valence-electron chi connectivity index (χ1n) is 22.5. The van der Waals surface area contributed by atoms with Crippen molar-refractivity contribution in [2.75, 3.05) is 0 Å². The second kappa shape index (κ2) is 21.3. The van der Waals surface area contributed by atoms with E-state index in [0.717, 1.165) is 84.3 Å². The molecule has 0 amide bonds. The molecular formula is C54H48F6N6O2. The Bertz CT molecular complexity index is 2670. The number of halogens is 6. The van der Waals surface area contributed by atoms with E-state index in [1.165, 1.54) is 24.3 Å². The molecule has 2 aromatic carbocycles. The third-order valence-corrected chi connectivity index (χ3v) is 13.5. The molecule has 2 saturated carbocycles. The molecule has 348 valence electrons. The average Bonchev–Trinajstić information content (AvgIpc) is 3.30. The first-order chi connectivity index (χ1) is 32.6. The van der Waals surface area contributed by atoms with E-state index in [1.807, 2.05) is 12.1 Å². The van der Waals surface area contributed by atoms with Gasteiger partial charge in [0, 0.05) is 37.6 Å². The van der Waals surface area contributed by atoms with Crippen molar-refractivity contribution >= 4 is 11.6 Å². The van der Waals surface area contributed by atoms with Crippen LogP contribution in [0.15, 0.2) is 97.6 Å². The number of hydrogen-bond acceptors (Lipinski definition) is 8. The highest BCUT2D eigenvalue weighted by molar-refractivity contribution is 5.97. The summed E-state index contributed by atoms with van der Waals surface area (Å²) in [6, 6.07) is 19.5. The molecule has 0 radical (unpaired) electrons. The third kappa shape index (κ3) is 10.6. The Balaban J connectivity index is 0.000000201. The van der Waals surface area contributed by atoms with Crippen LogP contribution in [0.3, 0.4) is 0 Å². The van der Waals surface area contributed by atoms with Crippen LogP contribution in [0.2, 0.25) is 0 Å². The molecule has 2 fully saturated rings. The zero-order valence-electron chi connectivity index (χ0n) is 37.9. The smallest absolute Gasteiger partial charge is 0.185 e. The van der Waals surface area contributed by atoms with Crippen LogP contribution in [-0.2, 0) is 12.8 Å². The number of nitrogens with zero attached hydrogens (tertiary/aromatic N) is 6. The molecule has 8 atom stereocenters. The van der Waals surface area contributed by atoms with Crippen molar-refractivity contribution in [2.45, 2.75) is 78.1 Å². The number of pyridine rings is 4. The number of Topliss-reactive ketones (excluding diaryl/α,β-unsaturated/α-hetero) is 2. The van der Waals surface area contributed by atoms with Crippen molar-refractivity contribution in [3.05, 3.63) is 166 Å². The summed E-state index contributed by atoms with van der Waals surface area (Å²) in [5, 5.41) is 18.9. The van der Waals surface area contributed by atoms with Gasteiger partial charge < -0.3 is 0 Å². The molecular weight excluding hydrogens is 879 g/mol. The van der Waals surface area contributed by atoms with Crippen LogP contribution in [0.5, 0.6) is 0 Å². The van der Waals surface area contributed by atoms with Gasteiger partial charge in [-0.25, -0.2) is 36.3 Å². The maximum atomic E-state index is 14.4. The van der Waals surface area contributed by atoms with Gasteiger partial charge in [0.2, 0.25) is 0 Å². The van der Waals surface area contributed by atoms with Crippen molar-refractivity contribution in [3.8, 4) is 34.7 Å². The Kier molecular flexibility index (Phi) is 15.3. The molecule has 8 nitrogen and oxygen atoms in total. The lowest BCUT2D eigenvalue weighted by Crippen LogP contribution is -2.28. The Hall–Kier alpha value is -7.06. The van der Waals surface area contributed by atoms with E-state index in [9.17, 15) is 46.5 Å². The van der Waals surface area contributed by atoms with Gasteiger partial charge in [0.1, 0.15) is 57.7 Å². The van der Waals surface area contributed by atoms with Crippen LogP contribution in [0.1, 0.15) is 108 Å². The Labute approximate surface area is 391 Å². The molecule has 4 aromatic heterocycles. The van der Waals surface area contributed by atoms with Gasteiger partial charge in [0.25, 0.3) is 0 Å². The molecule has 4 unspecified atom stereocenters. The number of carbonyl (C=O) groups is 2. The minimum Gasteiger partial charge on any atom is -0.292 e. The van der Waals surface area contributed by atoms with Crippen molar-refractivity contribution in [1.29, 1.82) is 10.5 Å².